The molecule has 0 saturated heterocycles. The highest BCUT2D eigenvalue weighted by Gasteiger charge is 2.03. The van der Waals surface area contributed by atoms with E-state index in [1.165, 1.54) is 5.56 Å². The highest BCUT2D eigenvalue weighted by molar-refractivity contribution is 5.36. The molecule has 0 aromatic heterocycles. The molecule has 0 aliphatic rings. The molecule has 13 heavy (non-hydrogen) atoms. The maximum atomic E-state index is 8.57. The summed E-state index contributed by atoms with van der Waals surface area (Å²) in [5.41, 5.74) is 2.27. The van der Waals surface area contributed by atoms with Gasteiger partial charge in [-0.2, -0.15) is 5.26 Å². The van der Waals surface area contributed by atoms with E-state index in [9.17, 15) is 0 Å². The third-order valence-corrected chi connectivity index (χ3v) is 1.82. The largest absolute Gasteiger partial charge is 0.476 e. The summed E-state index contributed by atoms with van der Waals surface area (Å²) in [5.74, 6) is 0.791. The zero-order chi connectivity index (χ0) is 9.84. The second kappa shape index (κ2) is 3.95. The Bertz CT molecular complexity index is 338. The van der Waals surface area contributed by atoms with Crippen molar-refractivity contribution in [2.24, 2.45) is 0 Å². The van der Waals surface area contributed by atoms with Crippen LogP contribution in [0.1, 0.15) is 18.1 Å². The monoisotopic (exact) mass is 175 g/mol. The summed E-state index contributed by atoms with van der Waals surface area (Å²) < 4.78 is 5.39. The van der Waals surface area contributed by atoms with E-state index >= 15 is 0 Å². The average molecular weight is 175 g/mol. The van der Waals surface area contributed by atoms with Gasteiger partial charge < -0.3 is 4.74 Å². The van der Waals surface area contributed by atoms with Crippen LogP contribution in [0.2, 0.25) is 0 Å². The minimum Gasteiger partial charge on any atom is -0.476 e. The number of aryl methyl sites for hydroxylation is 2. The Hall–Kier alpha value is -1.49. The predicted octanol–water partition coefficient (Wildman–Crippen LogP) is 2.59. The van der Waals surface area contributed by atoms with Gasteiger partial charge in [-0.1, -0.05) is 17.7 Å². The lowest BCUT2D eigenvalue weighted by Crippen LogP contribution is -2.08. The molecular weight excluding hydrogens is 162 g/mol. The number of nitriles is 1. The second-order valence-corrected chi connectivity index (χ2v) is 3.16. The van der Waals surface area contributed by atoms with E-state index in [0.29, 0.717) is 0 Å². The minimum absolute atomic E-state index is 0.388. The number of nitrogens with zero attached hydrogens (tertiary/aromatic N) is 1. The van der Waals surface area contributed by atoms with E-state index in [1.54, 1.807) is 6.92 Å². The summed E-state index contributed by atoms with van der Waals surface area (Å²) in [7, 11) is 0. The Morgan fingerprint density at radius 1 is 1.38 bits per heavy atom. The number of rotatable bonds is 2. The van der Waals surface area contributed by atoms with Crippen molar-refractivity contribution in [3.63, 3.8) is 0 Å². The van der Waals surface area contributed by atoms with Crippen molar-refractivity contribution in [1.29, 1.82) is 5.26 Å². The van der Waals surface area contributed by atoms with Gasteiger partial charge in [-0.15, -0.1) is 0 Å². The summed E-state index contributed by atoms with van der Waals surface area (Å²) in [6, 6.07) is 7.95. The van der Waals surface area contributed by atoms with Crippen LogP contribution in [0, 0.1) is 25.2 Å². The first kappa shape index (κ1) is 9.60. The van der Waals surface area contributed by atoms with Crippen molar-refractivity contribution in [2.75, 3.05) is 0 Å². The fourth-order valence-electron chi connectivity index (χ4n) is 1.15. The first-order chi connectivity index (χ1) is 6.13. The van der Waals surface area contributed by atoms with Gasteiger partial charge in [0.2, 0.25) is 0 Å². The second-order valence-electron chi connectivity index (χ2n) is 3.16. The highest BCUT2D eigenvalue weighted by Crippen LogP contribution is 2.19. The Morgan fingerprint density at radius 3 is 2.62 bits per heavy atom. The van der Waals surface area contributed by atoms with Crippen LogP contribution in [-0.2, 0) is 0 Å². The fourth-order valence-corrected chi connectivity index (χ4v) is 1.15. The van der Waals surface area contributed by atoms with Crippen LogP contribution < -0.4 is 4.74 Å². The third kappa shape index (κ3) is 2.48. The Balaban J connectivity index is 2.85. The molecule has 0 fully saturated rings. The van der Waals surface area contributed by atoms with E-state index < -0.39 is 0 Å². The molecule has 1 atom stereocenters. The van der Waals surface area contributed by atoms with Crippen molar-refractivity contribution in [1.82, 2.24) is 0 Å². The standard InChI is InChI=1S/C11H13NO/c1-8-4-5-11(9(2)6-8)13-10(3)7-12/h4-6,10H,1-3H3. The van der Waals surface area contributed by atoms with E-state index in [-0.39, 0.29) is 6.10 Å². The van der Waals surface area contributed by atoms with Crippen LogP contribution in [0.25, 0.3) is 0 Å². The van der Waals surface area contributed by atoms with E-state index in [4.69, 9.17) is 10.00 Å². The number of ether oxygens (including phenoxy) is 1. The lowest BCUT2D eigenvalue weighted by atomic mass is 10.1. The van der Waals surface area contributed by atoms with Gasteiger partial charge in [0, 0.05) is 0 Å². The van der Waals surface area contributed by atoms with Crippen LogP contribution in [-0.4, -0.2) is 6.10 Å². The Kier molecular flexibility index (Phi) is 2.92. The molecule has 1 unspecified atom stereocenters. The molecule has 0 N–H and O–H groups in total. The third-order valence-electron chi connectivity index (χ3n) is 1.82. The molecule has 0 aliphatic heterocycles. The normalized spacial score (nSPS) is 11.8. The average Bonchev–Trinajstić information content (AvgIpc) is 2.09. The van der Waals surface area contributed by atoms with Crippen molar-refractivity contribution in [3.8, 4) is 11.8 Å². The smallest absolute Gasteiger partial charge is 0.181 e. The van der Waals surface area contributed by atoms with Gasteiger partial charge in [0.05, 0.1) is 0 Å². The van der Waals surface area contributed by atoms with Crippen molar-refractivity contribution >= 4 is 0 Å². The Labute approximate surface area is 78.8 Å². The van der Waals surface area contributed by atoms with E-state index in [0.717, 1.165) is 11.3 Å². The fraction of sp³-hybridized carbons (Fsp3) is 0.364. The lowest BCUT2D eigenvalue weighted by Gasteiger charge is -2.10. The molecule has 68 valence electrons. The number of benzene rings is 1. The zero-order valence-electron chi connectivity index (χ0n) is 8.16. The molecule has 0 aliphatic carbocycles. The number of hydrogen-bond donors (Lipinski definition) is 0. The van der Waals surface area contributed by atoms with Gasteiger partial charge in [-0.3, -0.25) is 0 Å². The molecule has 1 aromatic carbocycles. The summed E-state index contributed by atoms with van der Waals surface area (Å²) in [4.78, 5) is 0. The molecule has 0 amide bonds. The maximum absolute atomic E-state index is 8.57. The molecule has 0 saturated carbocycles. The highest BCUT2D eigenvalue weighted by atomic mass is 16.5. The van der Waals surface area contributed by atoms with E-state index in [2.05, 4.69) is 0 Å². The van der Waals surface area contributed by atoms with Gasteiger partial charge in [0.1, 0.15) is 11.8 Å². The van der Waals surface area contributed by atoms with Crippen LogP contribution in [0.4, 0.5) is 0 Å². The molecular formula is C11H13NO. The maximum Gasteiger partial charge on any atom is 0.181 e. The quantitative estimate of drug-likeness (QED) is 0.692. The van der Waals surface area contributed by atoms with Crippen LogP contribution in [0.5, 0.6) is 5.75 Å². The van der Waals surface area contributed by atoms with Gasteiger partial charge in [0.15, 0.2) is 6.10 Å². The van der Waals surface area contributed by atoms with E-state index in [1.807, 2.05) is 38.1 Å². The van der Waals surface area contributed by atoms with Gasteiger partial charge in [-0.25, -0.2) is 0 Å². The Morgan fingerprint density at radius 2 is 2.08 bits per heavy atom. The van der Waals surface area contributed by atoms with Gasteiger partial charge >= 0.3 is 0 Å². The van der Waals surface area contributed by atoms with Crippen LogP contribution in [0.3, 0.4) is 0 Å². The molecule has 0 radical (unpaired) electrons. The topological polar surface area (TPSA) is 33.0 Å². The molecule has 1 aromatic rings. The molecule has 0 spiro atoms. The minimum atomic E-state index is -0.388. The van der Waals surface area contributed by atoms with Crippen molar-refractivity contribution < 1.29 is 4.74 Å². The van der Waals surface area contributed by atoms with Crippen LogP contribution >= 0.6 is 0 Å². The summed E-state index contributed by atoms with van der Waals surface area (Å²) in [6.07, 6.45) is -0.388. The SMILES string of the molecule is Cc1ccc(OC(C)C#N)c(C)c1. The molecule has 0 heterocycles. The summed E-state index contributed by atoms with van der Waals surface area (Å²) in [5, 5.41) is 8.57. The molecule has 2 heteroatoms. The lowest BCUT2D eigenvalue weighted by molar-refractivity contribution is 0.274. The molecule has 1 rings (SSSR count). The summed E-state index contributed by atoms with van der Waals surface area (Å²) >= 11 is 0. The van der Waals surface area contributed by atoms with Gasteiger partial charge in [-0.05, 0) is 32.4 Å². The zero-order valence-corrected chi connectivity index (χ0v) is 8.16. The molecule has 2 nitrogen and oxygen atoms in total. The van der Waals surface area contributed by atoms with Gasteiger partial charge in [0.25, 0.3) is 0 Å². The summed E-state index contributed by atoms with van der Waals surface area (Å²) in [6.45, 7) is 5.75. The number of hydrogen-bond acceptors (Lipinski definition) is 2. The first-order valence-electron chi connectivity index (χ1n) is 4.27. The first-order valence-corrected chi connectivity index (χ1v) is 4.27. The van der Waals surface area contributed by atoms with Crippen molar-refractivity contribution in [2.45, 2.75) is 26.9 Å². The molecule has 0 bridgehead atoms. The van der Waals surface area contributed by atoms with Crippen molar-refractivity contribution in [3.05, 3.63) is 29.3 Å². The van der Waals surface area contributed by atoms with Crippen LogP contribution in [0.15, 0.2) is 18.2 Å². The predicted molar refractivity (Wildman–Crippen MR) is 51.6 cm³/mol.